The number of hydrogen-bond donors (Lipinski definition) is 0. The highest BCUT2D eigenvalue weighted by molar-refractivity contribution is 7.08. The van der Waals surface area contributed by atoms with Gasteiger partial charge in [-0.1, -0.05) is 48.6 Å². The second kappa shape index (κ2) is 3.58. The van der Waals surface area contributed by atoms with Crippen LogP contribution in [0.15, 0.2) is 93.7 Å². The minimum absolute atomic E-state index is 0.995. The van der Waals surface area contributed by atoms with Gasteiger partial charge in [0, 0.05) is 0 Å². The molecule has 4 bridgehead atoms. The lowest BCUT2D eigenvalue weighted by molar-refractivity contribution is 1.28. The summed E-state index contributed by atoms with van der Waals surface area (Å²) in [6, 6.07) is 0. The van der Waals surface area contributed by atoms with Gasteiger partial charge in [0.2, 0.25) is 0 Å². The lowest BCUT2D eigenvalue weighted by Gasteiger charge is -2.23. The molecule has 0 aromatic heterocycles. The first kappa shape index (κ1) is 11.0. The summed E-state index contributed by atoms with van der Waals surface area (Å²) < 4.78 is 0. The molecule has 0 fully saturated rings. The molecular weight excluding hydrogens is 244 g/mol. The van der Waals surface area contributed by atoms with Crippen LogP contribution in [0.3, 0.4) is 0 Å². The molecule has 19 heavy (non-hydrogen) atoms. The van der Waals surface area contributed by atoms with Gasteiger partial charge in [-0.2, -0.15) is 0 Å². The monoisotopic (exact) mass is 260 g/mol. The van der Waals surface area contributed by atoms with Crippen molar-refractivity contribution in [3.63, 3.8) is 0 Å². The maximum absolute atomic E-state index is 3.89. The molecule has 0 aromatic carbocycles. The van der Waals surface area contributed by atoms with E-state index in [1.54, 1.807) is 20.8 Å². The lowest BCUT2D eigenvalue weighted by atomic mass is 10.1. The Bertz CT molecular complexity index is 640. The molecule has 0 nitrogen and oxygen atoms in total. The van der Waals surface area contributed by atoms with Gasteiger partial charge >= 0.3 is 0 Å². The van der Waals surface area contributed by atoms with Crippen LogP contribution in [0.4, 0.5) is 0 Å². The average molecular weight is 260 g/mol. The molecule has 0 aliphatic carbocycles. The van der Waals surface area contributed by atoms with Crippen LogP contribution in [0.5, 0.6) is 0 Å². The molecule has 0 saturated carbocycles. The van der Waals surface area contributed by atoms with Crippen LogP contribution < -0.4 is 0 Å². The third-order valence-electron chi connectivity index (χ3n) is 4.61. The van der Waals surface area contributed by atoms with Crippen molar-refractivity contribution in [3.05, 3.63) is 93.7 Å². The summed E-state index contributed by atoms with van der Waals surface area (Å²) in [6.07, 6.45) is 20.3. The summed E-state index contributed by atoms with van der Waals surface area (Å²) in [5, 5.41) is 6.36. The van der Waals surface area contributed by atoms with E-state index < -0.39 is 8.07 Å². The third kappa shape index (κ3) is 1.10. The van der Waals surface area contributed by atoms with Crippen molar-refractivity contribution in [2.45, 2.75) is 12.8 Å². The lowest BCUT2D eigenvalue weighted by Crippen LogP contribution is -2.35. The average Bonchev–Trinajstić information content (AvgIpc) is 3.12. The number of allylic oxidation sites excluding steroid dienone is 14. The first-order valence-corrected chi connectivity index (χ1v) is 8.82. The Balaban J connectivity index is 1.93. The molecule has 0 amide bonds. The number of hydrogen-bond acceptors (Lipinski definition) is 0. The zero-order valence-electron chi connectivity index (χ0n) is 10.9. The van der Waals surface area contributed by atoms with E-state index >= 15 is 0 Å². The van der Waals surface area contributed by atoms with Gasteiger partial charge in [0.1, 0.15) is 0 Å². The maximum atomic E-state index is 3.89. The van der Waals surface area contributed by atoms with Crippen LogP contribution in [-0.4, -0.2) is 8.07 Å². The van der Waals surface area contributed by atoms with Gasteiger partial charge in [-0.25, -0.2) is 0 Å². The fraction of sp³-hybridized carbons (Fsp3) is 0.111. The van der Waals surface area contributed by atoms with Gasteiger partial charge < -0.3 is 0 Å². The standard InChI is InChI=1S/C18H16Si/c1-3-5-13-11-15-7-9-17(13)19(15)16-8-10-18(19)14(12-16)6-4-2/h3-4,7-12H,1-2,5-6H2. The van der Waals surface area contributed by atoms with E-state index in [9.17, 15) is 0 Å². The van der Waals surface area contributed by atoms with Gasteiger partial charge in [0.05, 0.1) is 0 Å². The van der Waals surface area contributed by atoms with E-state index in [-0.39, 0.29) is 0 Å². The SMILES string of the molecule is C=CCC1=C2C=CC(=C1)[Si]21C2=CC(CC=C)=C1C=C2. The quantitative estimate of drug-likeness (QED) is 0.520. The third-order valence-corrected chi connectivity index (χ3v) is 9.56. The molecule has 0 atom stereocenters. The zero-order chi connectivity index (χ0) is 13.0. The van der Waals surface area contributed by atoms with E-state index in [0.717, 1.165) is 12.8 Å². The minimum Gasteiger partial charge on any atom is -0.103 e. The normalized spacial score (nSPS) is 23.8. The van der Waals surface area contributed by atoms with Gasteiger partial charge in [0.15, 0.2) is 8.07 Å². The highest BCUT2D eigenvalue weighted by Crippen LogP contribution is 2.57. The van der Waals surface area contributed by atoms with Gasteiger partial charge in [-0.3, -0.25) is 0 Å². The molecule has 1 heteroatoms. The predicted molar refractivity (Wildman–Crippen MR) is 83.9 cm³/mol. The Morgan fingerprint density at radius 1 is 0.789 bits per heavy atom. The predicted octanol–water partition coefficient (Wildman–Crippen LogP) is 4.36. The zero-order valence-corrected chi connectivity index (χ0v) is 11.9. The summed E-state index contributed by atoms with van der Waals surface area (Å²) in [4.78, 5) is 0. The van der Waals surface area contributed by atoms with Crippen molar-refractivity contribution < 1.29 is 0 Å². The van der Waals surface area contributed by atoms with E-state index in [1.807, 2.05) is 12.2 Å². The summed E-state index contributed by atoms with van der Waals surface area (Å²) in [6.45, 7) is 7.79. The molecule has 0 N–H and O–H groups in total. The van der Waals surface area contributed by atoms with Crippen LogP contribution in [0.25, 0.3) is 0 Å². The van der Waals surface area contributed by atoms with E-state index in [2.05, 4.69) is 49.6 Å². The van der Waals surface area contributed by atoms with Gasteiger partial charge in [0.25, 0.3) is 0 Å². The van der Waals surface area contributed by atoms with Crippen LogP contribution in [-0.2, 0) is 0 Å². The molecule has 4 aliphatic heterocycles. The molecule has 4 heterocycles. The molecule has 0 radical (unpaired) electrons. The first-order valence-electron chi connectivity index (χ1n) is 6.82. The molecule has 0 aromatic rings. The highest BCUT2D eigenvalue weighted by atomic mass is 28.3. The van der Waals surface area contributed by atoms with Gasteiger partial charge in [-0.15, -0.1) is 13.2 Å². The summed E-state index contributed by atoms with van der Waals surface area (Å²) >= 11 is 0. The molecule has 4 rings (SSSR count). The summed E-state index contributed by atoms with van der Waals surface area (Å²) in [7, 11) is -1.70. The topological polar surface area (TPSA) is 0 Å². The molecule has 92 valence electrons. The number of rotatable bonds is 4. The largest absolute Gasteiger partial charge is 0.180 e. The van der Waals surface area contributed by atoms with Crippen molar-refractivity contribution in [1.29, 1.82) is 0 Å². The Hall–Kier alpha value is -1.86. The molecule has 4 aliphatic rings. The smallest absolute Gasteiger partial charge is 0.103 e. The van der Waals surface area contributed by atoms with Crippen molar-refractivity contribution in [2.24, 2.45) is 0 Å². The van der Waals surface area contributed by atoms with Crippen LogP contribution in [0.1, 0.15) is 12.8 Å². The maximum Gasteiger partial charge on any atom is 0.180 e. The Labute approximate surface area is 115 Å². The Morgan fingerprint density at radius 2 is 1.26 bits per heavy atom. The molecule has 1 spiro atoms. The summed E-state index contributed by atoms with van der Waals surface area (Å²) in [5.41, 5.74) is 2.98. The summed E-state index contributed by atoms with van der Waals surface area (Å²) in [5.74, 6) is 0. The fourth-order valence-corrected chi connectivity index (χ4v) is 9.26. The van der Waals surface area contributed by atoms with Crippen LogP contribution >= 0.6 is 0 Å². The van der Waals surface area contributed by atoms with E-state index in [0.29, 0.717) is 0 Å². The molecular formula is C18H16Si. The fourth-order valence-electron chi connectivity index (χ4n) is 3.97. The second-order valence-corrected chi connectivity index (χ2v) is 9.21. The highest BCUT2D eigenvalue weighted by Gasteiger charge is 2.55. The van der Waals surface area contributed by atoms with Crippen LogP contribution in [0.2, 0.25) is 0 Å². The van der Waals surface area contributed by atoms with Crippen molar-refractivity contribution in [3.8, 4) is 0 Å². The minimum atomic E-state index is -1.70. The molecule has 0 saturated heterocycles. The van der Waals surface area contributed by atoms with Crippen molar-refractivity contribution >= 4 is 8.07 Å². The van der Waals surface area contributed by atoms with Crippen molar-refractivity contribution in [1.82, 2.24) is 0 Å². The van der Waals surface area contributed by atoms with E-state index in [4.69, 9.17) is 0 Å². The Morgan fingerprint density at radius 3 is 1.68 bits per heavy atom. The van der Waals surface area contributed by atoms with Crippen LogP contribution in [0, 0.1) is 0 Å². The van der Waals surface area contributed by atoms with Crippen molar-refractivity contribution in [2.75, 3.05) is 0 Å². The second-order valence-electron chi connectivity index (χ2n) is 5.48. The van der Waals surface area contributed by atoms with E-state index in [1.165, 1.54) is 11.1 Å². The van der Waals surface area contributed by atoms with Gasteiger partial charge in [-0.05, 0) is 44.8 Å². The Kier molecular flexibility index (Phi) is 2.07. The first-order chi connectivity index (χ1) is 9.32. The molecule has 0 unspecified atom stereocenters.